The van der Waals surface area contributed by atoms with E-state index < -0.39 is 21.3 Å². The minimum absolute atomic E-state index is 0.223. The van der Waals surface area contributed by atoms with Gasteiger partial charge >= 0.3 is 5.69 Å². The van der Waals surface area contributed by atoms with Crippen molar-refractivity contribution in [2.75, 3.05) is 26.2 Å². The van der Waals surface area contributed by atoms with Crippen molar-refractivity contribution in [2.45, 2.75) is 18.0 Å². The standard InChI is InChI=1S/C31H30BrN5O4S/c1-34-30(38)29-28(37(31(34)39)21-22-5-3-2-4-6-22)19-27(33-29)24-9-13-26(14-10-24)42(40,41)36-17-15-35(16-18-36)20-23-7-11-25(32)12-8-23/h2-14,19,33H,15-18,20-21H2,1H3. The van der Waals surface area contributed by atoms with Gasteiger partial charge in [-0.2, -0.15) is 4.31 Å². The van der Waals surface area contributed by atoms with Crippen LogP contribution in [0.15, 0.2) is 104 Å². The number of fused-ring (bicyclic) bond motifs is 1. The monoisotopic (exact) mass is 647 g/mol. The fraction of sp³-hybridized carbons (Fsp3) is 0.226. The molecule has 5 aromatic rings. The molecule has 0 atom stereocenters. The lowest BCUT2D eigenvalue weighted by Gasteiger charge is -2.34. The number of rotatable bonds is 7. The number of hydrogen-bond donors (Lipinski definition) is 1. The van der Waals surface area contributed by atoms with Crippen molar-refractivity contribution in [1.82, 2.24) is 23.3 Å². The van der Waals surface area contributed by atoms with Gasteiger partial charge in [-0.15, -0.1) is 0 Å². The zero-order chi connectivity index (χ0) is 29.4. The number of nitrogens with one attached hydrogen (secondary N) is 1. The van der Waals surface area contributed by atoms with Crippen molar-refractivity contribution >= 4 is 37.0 Å². The van der Waals surface area contributed by atoms with E-state index in [2.05, 4.69) is 37.9 Å². The second-order valence-corrected chi connectivity index (χ2v) is 13.3. The molecular weight excluding hydrogens is 618 g/mol. The molecule has 0 radical (unpaired) electrons. The zero-order valence-electron chi connectivity index (χ0n) is 23.0. The summed E-state index contributed by atoms with van der Waals surface area (Å²) in [5.74, 6) is 0. The van der Waals surface area contributed by atoms with Gasteiger partial charge in [-0.25, -0.2) is 13.2 Å². The molecule has 1 saturated heterocycles. The Labute approximate surface area is 251 Å². The number of aromatic amines is 1. The largest absolute Gasteiger partial charge is 0.349 e. The molecule has 0 amide bonds. The highest BCUT2D eigenvalue weighted by molar-refractivity contribution is 9.10. The summed E-state index contributed by atoms with van der Waals surface area (Å²) in [6.07, 6.45) is 0. The van der Waals surface area contributed by atoms with Crippen molar-refractivity contribution in [3.63, 3.8) is 0 Å². The van der Waals surface area contributed by atoms with E-state index in [0.29, 0.717) is 55.0 Å². The van der Waals surface area contributed by atoms with E-state index in [0.717, 1.165) is 21.1 Å². The highest BCUT2D eigenvalue weighted by Gasteiger charge is 2.28. The Morgan fingerprint density at radius 1 is 0.810 bits per heavy atom. The van der Waals surface area contributed by atoms with Crippen LogP contribution in [0, 0.1) is 0 Å². The van der Waals surface area contributed by atoms with Crippen LogP contribution < -0.4 is 11.2 Å². The van der Waals surface area contributed by atoms with E-state index in [1.54, 1.807) is 34.9 Å². The van der Waals surface area contributed by atoms with Crippen LogP contribution in [0.2, 0.25) is 0 Å². The van der Waals surface area contributed by atoms with Gasteiger partial charge in [0.25, 0.3) is 5.56 Å². The number of halogens is 1. The summed E-state index contributed by atoms with van der Waals surface area (Å²) in [6, 6.07) is 26.2. The molecule has 0 spiro atoms. The first-order valence-corrected chi connectivity index (χ1v) is 15.9. The number of nitrogens with zero attached hydrogens (tertiary/aromatic N) is 4. The molecule has 11 heteroatoms. The molecule has 0 saturated carbocycles. The van der Waals surface area contributed by atoms with Crippen LogP contribution in [0.4, 0.5) is 0 Å². The third kappa shape index (κ3) is 5.52. The van der Waals surface area contributed by atoms with E-state index in [4.69, 9.17) is 0 Å². The average molecular weight is 649 g/mol. The fourth-order valence-electron chi connectivity index (χ4n) is 5.36. The molecule has 6 rings (SSSR count). The Hall–Kier alpha value is -3.77. The van der Waals surface area contributed by atoms with Crippen LogP contribution in [0.1, 0.15) is 11.1 Å². The van der Waals surface area contributed by atoms with Gasteiger partial charge in [0.2, 0.25) is 10.0 Å². The van der Waals surface area contributed by atoms with Crippen molar-refractivity contribution in [3.8, 4) is 11.3 Å². The van der Waals surface area contributed by atoms with E-state index in [1.165, 1.54) is 16.9 Å². The first-order chi connectivity index (χ1) is 20.2. The van der Waals surface area contributed by atoms with Crippen LogP contribution in [-0.4, -0.2) is 57.9 Å². The highest BCUT2D eigenvalue weighted by Crippen LogP contribution is 2.26. The number of sulfonamides is 1. The van der Waals surface area contributed by atoms with Crippen LogP contribution in [0.25, 0.3) is 22.3 Å². The lowest BCUT2D eigenvalue weighted by molar-refractivity contribution is 0.181. The van der Waals surface area contributed by atoms with Crippen molar-refractivity contribution in [2.24, 2.45) is 7.05 Å². The molecule has 1 N–H and O–H groups in total. The number of piperazine rings is 1. The molecule has 3 heterocycles. The van der Waals surface area contributed by atoms with Crippen LogP contribution in [0.3, 0.4) is 0 Å². The zero-order valence-corrected chi connectivity index (χ0v) is 25.4. The second-order valence-electron chi connectivity index (χ2n) is 10.5. The fourth-order valence-corrected chi connectivity index (χ4v) is 7.05. The smallest absolute Gasteiger partial charge is 0.331 e. The average Bonchev–Trinajstić information content (AvgIpc) is 3.46. The van der Waals surface area contributed by atoms with Crippen molar-refractivity contribution in [3.05, 3.63) is 121 Å². The van der Waals surface area contributed by atoms with Crippen molar-refractivity contribution in [1.29, 1.82) is 0 Å². The lowest BCUT2D eigenvalue weighted by Crippen LogP contribution is -2.48. The van der Waals surface area contributed by atoms with Gasteiger partial charge in [-0.1, -0.05) is 70.5 Å². The summed E-state index contributed by atoms with van der Waals surface area (Å²) in [5.41, 5.74) is 3.47. The van der Waals surface area contributed by atoms with E-state index in [1.807, 2.05) is 42.5 Å². The molecule has 1 fully saturated rings. The summed E-state index contributed by atoms with van der Waals surface area (Å²) < 4.78 is 32.1. The quantitative estimate of drug-likeness (QED) is 0.288. The third-order valence-corrected chi connectivity index (χ3v) is 10.2. The van der Waals surface area contributed by atoms with Crippen LogP contribution in [0.5, 0.6) is 0 Å². The first kappa shape index (κ1) is 28.4. The Balaban J connectivity index is 1.21. The molecule has 0 bridgehead atoms. The molecule has 9 nitrogen and oxygen atoms in total. The summed E-state index contributed by atoms with van der Waals surface area (Å²) >= 11 is 3.46. The summed E-state index contributed by atoms with van der Waals surface area (Å²) in [7, 11) is -2.19. The summed E-state index contributed by atoms with van der Waals surface area (Å²) in [5, 5.41) is 0. The molecule has 1 aliphatic rings. The Morgan fingerprint density at radius 3 is 2.12 bits per heavy atom. The highest BCUT2D eigenvalue weighted by atomic mass is 79.9. The predicted molar refractivity (Wildman–Crippen MR) is 167 cm³/mol. The number of aromatic nitrogens is 3. The van der Waals surface area contributed by atoms with Gasteiger partial charge in [-0.3, -0.25) is 18.8 Å². The van der Waals surface area contributed by atoms with Crippen LogP contribution in [-0.2, 0) is 30.2 Å². The third-order valence-electron chi connectivity index (χ3n) is 7.76. The van der Waals surface area contributed by atoms with E-state index in [9.17, 15) is 18.0 Å². The molecule has 3 aromatic carbocycles. The number of benzene rings is 3. The Morgan fingerprint density at radius 2 is 1.45 bits per heavy atom. The summed E-state index contributed by atoms with van der Waals surface area (Å²) in [4.78, 5) is 31.6. The van der Waals surface area contributed by atoms with E-state index in [-0.39, 0.29) is 4.90 Å². The van der Waals surface area contributed by atoms with Gasteiger partial charge in [0.05, 0.1) is 17.0 Å². The van der Waals surface area contributed by atoms with Gasteiger partial charge in [-0.05, 0) is 47.0 Å². The van der Waals surface area contributed by atoms with Crippen LogP contribution >= 0.6 is 15.9 Å². The maximum atomic E-state index is 13.4. The molecule has 1 aliphatic heterocycles. The van der Waals surface area contributed by atoms with Gasteiger partial charge in [0.1, 0.15) is 5.52 Å². The number of H-pyrrole nitrogens is 1. The maximum absolute atomic E-state index is 13.4. The molecule has 0 aliphatic carbocycles. The Bertz CT molecular complexity index is 1960. The predicted octanol–water partition coefficient (Wildman–Crippen LogP) is 4.01. The summed E-state index contributed by atoms with van der Waals surface area (Å²) in [6.45, 7) is 3.25. The number of hydrogen-bond acceptors (Lipinski definition) is 5. The first-order valence-electron chi connectivity index (χ1n) is 13.6. The molecular formula is C31H30BrN5O4S. The Kier molecular flexibility index (Phi) is 7.75. The minimum atomic E-state index is -3.66. The van der Waals surface area contributed by atoms with Gasteiger partial charge < -0.3 is 4.98 Å². The molecule has 2 aromatic heterocycles. The van der Waals surface area contributed by atoms with E-state index >= 15 is 0 Å². The van der Waals surface area contributed by atoms with Gasteiger partial charge in [0.15, 0.2) is 0 Å². The minimum Gasteiger partial charge on any atom is -0.349 e. The second kappa shape index (κ2) is 11.5. The molecule has 0 unspecified atom stereocenters. The topological polar surface area (TPSA) is 100 Å². The molecule has 42 heavy (non-hydrogen) atoms. The lowest BCUT2D eigenvalue weighted by atomic mass is 10.1. The maximum Gasteiger partial charge on any atom is 0.331 e. The van der Waals surface area contributed by atoms with Crippen molar-refractivity contribution < 1.29 is 8.42 Å². The van der Waals surface area contributed by atoms with Gasteiger partial charge in [0, 0.05) is 49.9 Å². The molecule has 216 valence electrons. The normalized spacial score (nSPS) is 14.9. The SMILES string of the molecule is Cn1c(=O)c2[nH]c(-c3ccc(S(=O)(=O)N4CCN(Cc5ccc(Br)cc5)CC4)cc3)cc2n(Cc2ccccc2)c1=O.